The first-order valence-corrected chi connectivity index (χ1v) is 4.93. The number of nitrogens with zero attached hydrogens (tertiary/aromatic N) is 1. The standard InChI is InChI=1S/C10H19NO2/c1-8-5-4-6-11(7-8)9(12)10(2,3)13/h8,13H,4-7H2,1-3H3. The van der Waals surface area contributed by atoms with E-state index in [0.717, 1.165) is 19.5 Å². The summed E-state index contributed by atoms with van der Waals surface area (Å²) in [7, 11) is 0. The molecule has 3 nitrogen and oxygen atoms in total. The molecular weight excluding hydrogens is 166 g/mol. The van der Waals surface area contributed by atoms with Gasteiger partial charge in [-0.25, -0.2) is 0 Å². The van der Waals surface area contributed by atoms with Crippen molar-refractivity contribution >= 4 is 5.91 Å². The number of rotatable bonds is 1. The Morgan fingerprint density at radius 3 is 2.62 bits per heavy atom. The Hall–Kier alpha value is -0.570. The second kappa shape index (κ2) is 3.66. The van der Waals surface area contributed by atoms with Crippen LogP contribution in [0.3, 0.4) is 0 Å². The summed E-state index contributed by atoms with van der Waals surface area (Å²) in [6, 6.07) is 0. The zero-order valence-electron chi connectivity index (χ0n) is 8.71. The van der Waals surface area contributed by atoms with Crippen molar-refractivity contribution in [2.45, 2.75) is 39.2 Å². The van der Waals surface area contributed by atoms with E-state index in [0.29, 0.717) is 5.92 Å². The average molecular weight is 185 g/mol. The molecule has 1 unspecified atom stereocenters. The highest BCUT2D eigenvalue weighted by Gasteiger charge is 2.31. The fourth-order valence-corrected chi connectivity index (χ4v) is 1.76. The number of likely N-dealkylation sites (tertiary alicyclic amines) is 1. The fraction of sp³-hybridized carbons (Fsp3) is 0.900. The van der Waals surface area contributed by atoms with Crippen LogP contribution in [0, 0.1) is 5.92 Å². The first-order chi connectivity index (χ1) is 5.91. The lowest BCUT2D eigenvalue weighted by atomic mass is 9.98. The zero-order valence-corrected chi connectivity index (χ0v) is 8.71. The molecule has 1 heterocycles. The SMILES string of the molecule is CC1CCCN(C(=O)C(C)(C)O)C1. The van der Waals surface area contributed by atoms with Crippen LogP contribution in [0.4, 0.5) is 0 Å². The second-order valence-electron chi connectivity index (χ2n) is 4.56. The minimum absolute atomic E-state index is 0.140. The van der Waals surface area contributed by atoms with Crippen molar-refractivity contribution in [1.29, 1.82) is 0 Å². The van der Waals surface area contributed by atoms with E-state index in [9.17, 15) is 9.90 Å². The van der Waals surface area contributed by atoms with Crippen LogP contribution in [0.15, 0.2) is 0 Å². The van der Waals surface area contributed by atoms with Crippen molar-refractivity contribution in [3.05, 3.63) is 0 Å². The molecule has 0 spiro atoms. The monoisotopic (exact) mass is 185 g/mol. The van der Waals surface area contributed by atoms with Gasteiger partial charge >= 0.3 is 0 Å². The summed E-state index contributed by atoms with van der Waals surface area (Å²) in [5.41, 5.74) is -1.21. The molecular formula is C10H19NO2. The van der Waals surface area contributed by atoms with Gasteiger partial charge in [0.15, 0.2) is 0 Å². The number of aliphatic hydroxyl groups is 1. The molecule has 1 aliphatic rings. The number of hydrogen-bond acceptors (Lipinski definition) is 2. The molecule has 0 saturated carbocycles. The Labute approximate surface area is 79.7 Å². The van der Waals surface area contributed by atoms with E-state index in [-0.39, 0.29) is 5.91 Å². The molecule has 3 heteroatoms. The van der Waals surface area contributed by atoms with E-state index in [4.69, 9.17) is 0 Å². The lowest BCUT2D eigenvalue weighted by Crippen LogP contribution is -2.48. The maximum Gasteiger partial charge on any atom is 0.253 e. The number of hydrogen-bond donors (Lipinski definition) is 1. The quantitative estimate of drug-likeness (QED) is 0.662. The summed E-state index contributed by atoms with van der Waals surface area (Å²) in [5.74, 6) is 0.430. The van der Waals surface area contributed by atoms with E-state index in [1.54, 1.807) is 18.7 Å². The van der Waals surface area contributed by atoms with Crippen LogP contribution in [-0.4, -0.2) is 34.6 Å². The van der Waals surface area contributed by atoms with E-state index < -0.39 is 5.60 Å². The molecule has 1 aliphatic heterocycles. The van der Waals surface area contributed by atoms with Gasteiger partial charge in [0, 0.05) is 13.1 Å². The van der Waals surface area contributed by atoms with Gasteiger partial charge in [0.1, 0.15) is 5.60 Å². The molecule has 0 radical (unpaired) electrons. The summed E-state index contributed by atoms with van der Waals surface area (Å²) in [5, 5.41) is 9.53. The molecule has 1 rings (SSSR count). The van der Waals surface area contributed by atoms with Crippen molar-refractivity contribution in [2.24, 2.45) is 5.92 Å². The molecule has 1 amide bonds. The van der Waals surface area contributed by atoms with Crippen LogP contribution < -0.4 is 0 Å². The molecule has 1 fully saturated rings. The van der Waals surface area contributed by atoms with Gasteiger partial charge in [-0.1, -0.05) is 6.92 Å². The highest BCUT2D eigenvalue weighted by atomic mass is 16.3. The van der Waals surface area contributed by atoms with Crippen molar-refractivity contribution in [3.8, 4) is 0 Å². The van der Waals surface area contributed by atoms with Crippen molar-refractivity contribution < 1.29 is 9.90 Å². The summed E-state index contributed by atoms with van der Waals surface area (Å²) in [6.07, 6.45) is 2.25. The van der Waals surface area contributed by atoms with Gasteiger partial charge in [0.25, 0.3) is 5.91 Å². The van der Waals surface area contributed by atoms with E-state index >= 15 is 0 Å². The van der Waals surface area contributed by atoms with Crippen LogP contribution in [0.5, 0.6) is 0 Å². The average Bonchev–Trinajstić information content (AvgIpc) is 2.01. The summed E-state index contributed by atoms with van der Waals surface area (Å²) < 4.78 is 0. The van der Waals surface area contributed by atoms with Crippen LogP contribution in [0.25, 0.3) is 0 Å². The third-order valence-electron chi connectivity index (χ3n) is 2.47. The Morgan fingerprint density at radius 2 is 2.15 bits per heavy atom. The number of amides is 1. The predicted molar refractivity (Wildman–Crippen MR) is 51.3 cm³/mol. The fourth-order valence-electron chi connectivity index (χ4n) is 1.76. The molecule has 1 saturated heterocycles. The van der Waals surface area contributed by atoms with E-state index in [2.05, 4.69) is 6.92 Å². The van der Waals surface area contributed by atoms with E-state index in [1.807, 2.05) is 0 Å². The van der Waals surface area contributed by atoms with Crippen molar-refractivity contribution in [2.75, 3.05) is 13.1 Å². The smallest absolute Gasteiger partial charge is 0.253 e. The topological polar surface area (TPSA) is 40.5 Å². The van der Waals surface area contributed by atoms with Crippen molar-refractivity contribution in [3.63, 3.8) is 0 Å². The van der Waals surface area contributed by atoms with Crippen LogP contribution in [-0.2, 0) is 4.79 Å². The predicted octanol–water partition coefficient (Wildman–Crippen LogP) is 1.02. The van der Waals surface area contributed by atoms with Crippen LogP contribution in [0.2, 0.25) is 0 Å². The first kappa shape index (κ1) is 10.5. The Morgan fingerprint density at radius 1 is 1.54 bits per heavy atom. The highest BCUT2D eigenvalue weighted by Crippen LogP contribution is 2.18. The molecule has 0 aromatic heterocycles. The normalized spacial score (nSPS) is 24.6. The number of carbonyl (C=O) groups excluding carboxylic acids is 1. The molecule has 0 aromatic carbocycles. The molecule has 0 aliphatic carbocycles. The molecule has 13 heavy (non-hydrogen) atoms. The number of carbonyl (C=O) groups is 1. The summed E-state index contributed by atoms with van der Waals surface area (Å²) in [6.45, 7) is 6.84. The third kappa shape index (κ3) is 2.69. The van der Waals surface area contributed by atoms with Crippen LogP contribution >= 0.6 is 0 Å². The van der Waals surface area contributed by atoms with E-state index in [1.165, 1.54) is 6.42 Å². The minimum atomic E-state index is -1.21. The Kier molecular flexibility index (Phi) is 2.96. The third-order valence-corrected chi connectivity index (χ3v) is 2.47. The Bertz CT molecular complexity index is 196. The largest absolute Gasteiger partial charge is 0.381 e. The lowest BCUT2D eigenvalue weighted by Gasteiger charge is -2.34. The minimum Gasteiger partial charge on any atom is -0.381 e. The number of piperidine rings is 1. The van der Waals surface area contributed by atoms with Gasteiger partial charge in [-0.2, -0.15) is 0 Å². The lowest BCUT2D eigenvalue weighted by molar-refractivity contribution is -0.149. The van der Waals surface area contributed by atoms with Gasteiger partial charge < -0.3 is 10.0 Å². The summed E-state index contributed by atoms with van der Waals surface area (Å²) in [4.78, 5) is 13.4. The zero-order chi connectivity index (χ0) is 10.1. The molecule has 0 bridgehead atoms. The van der Waals surface area contributed by atoms with Crippen molar-refractivity contribution in [1.82, 2.24) is 4.90 Å². The first-order valence-electron chi connectivity index (χ1n) is 4.93. The van der Waals surface area contributed by atoms with Gasteiger partial charge in [0.2, 0.25) is 0 Å². The molecule has 76 valence electrons. The Balaban J connectivity index is 2.56. The highest BCUT2D eigenvalue weighted by molar-refractivity contribution is 5.84. The molecule has 1 atom stereocenters. The maximum atomic E-state index is 11.6. The summed E-state index contributed by atoms with van der Waals surface area (Å²) >= 11 is 0. The van der Waals surface area contributed by atoms with Gasteiger partial charge in [-0.3, -0.25) is 4.79 Å². The van der Waals surface area contributed by atoms with Crippen LogP contribution in [0.1, 0.15) is 33.6 Å². The molecule has 0 aromatic rings. The maximum absolute atomic E-state index is 11.6. The van der Waals surface area contributed by atoms with Gasteiger partial charge in [-0.15, -0.1) is 0 Å². The second-order valence-corrected chi connectivity index (χ2v) is 4.56. The molecule has 1 N–H and O–H groups in total. The van der Waals surface area contributed by atoms with Gasteiger partial charge in [0.05, 0.1) is 0 Å². The van der Waals surface area contributed by atoms with Gasteiger partial charge in [-0.05, 0) is 32.6 Å².